The highest BCUT2D eigenvalue weighted by Gasteiger charge is 2.22. The molecule has 0 bridgehead atoms. The van der Waals surface area contributed by atoms with Crippen LogP contribution in [-0.2, 0) is 11.2 Å². The summed E-state index contributed by atoms with van der Waals surface area (Å²) in [5, 5.41) is 9.06. The predicted molar refractivity (Wildman–Crippen MR) is 115 cm³/mol. The molecule has 0 spiro atoms. The molecule has 0 atom stereocenters. The van der Waals surface area contributed by atoms with Crippen molar-refractivity contribution in [2.24, 2.45) is 5.92 Å². The molecule has 30 heavy (non-hydrogen) atoms. The van der Waals surface area contributed by atoms with Crippen LogP contribution < -0.4 is 16.0 Å². The van der Waals surface area contributed by atoms with E-state index in [1.165, 1.54) is 12.8 Å². The van der Waals surface area contributed by atoms with Crippen LogP contribution in [0.15, 0.2) is 54.7 Å². The third kappa shape index (κ3) is 3.87. The van der Waals surface area contributed by atoms with Gasteiger partial charge in [-0.3, -0.25) is 9.59 Å². The van der Waals surface area contributed by atoms with E-state index in [2.05, 4.69) is 25.9 Å². The molecule has 1 aromatic heterocycles. The number of hydrogen-bond donors (Lipinski definition) is 3. The average molecular weight is 399 g/mol. The Morgan fingerprint density at radius 2 is 1.90 bits per heavy atom. The fraction of sp³-hybridized carbons (Fsp3) is 0.217. The zero-order chi connectivity index (χ0) is 20.5. The summed E-state index contributed by atoms with van der Waals surface area (Å²) in [6.07, 6.45) is 4.33. The highest BCUT2D eigenvalue weighted by Crippen LogP contribution is 2.33. The Labute approximate surface area is 174 Å². The first-order valence-electron chi connectivity index (χ1n) is 10.1. The molecule has 7 heteroatoms. The Balaban J connectivity index is 1.36. The van der Waals surface area contributed by atoms with Crippen LogP contribution in [0.5, 0.6) is 0 Å². The fourth-order valence-electron chi connectivity index (χ4n) is 3.49. The molecule has 3 N–H and O–H groups in total. The number of carbonyl (C=O) groups is 2. The van der Waals surface area contributed by atoms with E-state index in [9.17, 15) is 9.59 Å². The largest absolute Gasteiger partial charge is 0.352 e. The summed E-state index contributed by atoms with van der Waals surface area (Å²) in [6.45, 7) is 0.751. The van der Waals surface area contributed by atoms with Crippen LogP contribution in [0.2, 0.25) is 0 Å². The van der Waals surface area contributed by atoms with Gasteiger partial charge in [0.15, 0.2) is 0 Å². The number of carbonyl (C=O) groups excluding carboxylic acids is 2. The number of rotatable bonds is 5. The third-order valence-electron chi connectivity index (χ3n) is 5.32. The highest BCUT2D eigenvalue weighted by molar-refractivity contribution is 6.00. The van der Waals surface area contributed by atoms with Crippen LogP contribution in [0.3, 0.4) is 0 Å². The van der Waals surface area contributed by atoms with E-state index in [0.717, 1.165) is 34.7 Å². The number of anilines is 3. The lowest BCUT2D eigenvalue weighted by molar-refractivity contribution is -0.115. The van der Waals surface area contributed by atoms with Gasteiger partial charge in [0, 0.05) is 35.1 Å². The SMILES string of the molecule is O=C1Cc2cnc(Nc3ccc(C(=O)NCC4CC4)cc3)nc2-c2ccccc2N1. The maximum atomic E-state index is 12.2. The minimum atomic E-state index is -0.0824. The van der Waals surface area contributed by atoms with E-state index in [4.69, 9.17) is 0 Å². The third-order valence-corrected chi connectivity index (χ3v) is 5.32. The molecule has 150 valence electrons. The molecule has 1 fully saturated rings. The van der Waals surface area contributed by atoms with Gasteiger partial charge in [0.1, 0.15) is 0 Å². The minimum absolute atomic E-state index is 0.0523. The van der Waals surface area contributed by atoms with Gasteiger partial charge in [-0.1, -0.05) is 18.2 Å². The summed E-state index contributed by atoms with van der Waals surface area (Å²) in [5.41, 5.74) is 4.54. The molecule has 2 aliphatic rings. The van der Waals surface area contributed by atoms with Gasteiger partial charge in [0.05, 0.1) is 17.8 Å². The maximum absolute atomic E-state index is 12.2. The monoisotopic (exact) mass is 399 g/mol. The number of fused-ring (bicyclic) bond motifs is 3. The van der Waals surface area contributed by atoms with Crippen molar-refractivity contribution in [2.45, 2.75) is 19.3 Å². The lowest BCUT2D eigenvalue weighted by atomic mass is 10.1. The Bertz CT molecular complexity index is 1120. The number of nitrogens with one attached hydrogen (secondary N) is 3. The second kappa shape index (κ2) is 7.59. The fourth-order valence-corrected chi connectivity index (χ4v) is 3.49. The van der Waals surface area contributed by atoms with Gasteiger partial charge in [-0.25, -0.2) is 9.97 Å². The second-order valence-electron chi connectivity index (χ2n) is 7.69. The molecule has 2 heterocycles. The van der Waals surface area contributed by atoms with Gasteiger partial charge < -0.3 is 16.0 Å². The first-order chi connectivity index (χ1) is 14.7. The van der Waals surface area contributed by atoms with Gasteiger partial charge in [0.2, 0.25) is 11.9 Å². The number of nitrogens with zero attached hydrogens (tertiary/aromatic N) is 2. The van der Waals surface area contributed by atoms with E-state index in [1.54, 1.807) is 18.3 Å². The number of hydrogen-bond acceptors (Lipinski definition) is 5. The molecule has 1 aliphatic carbocycles. The lowest BCUT2D eigenvalue weighted by Crippen LogP contribution is -2.25. The predicted octanol–water partition coefficient (Wildman–Crippen LogP) is 3.52. The van der Waals surface area contributed by atoms with Crippen molar-refractivity contribution < 1.29 is 9.59 Å². The molecular formula is C23H21N5O2. The smallest absolute Gasteiger partial charge is 0.251 e. The van der Waals surface area contributed by atoms with E-state index < -0.39 is 0 Å². The van der Waals surface area contributed by atoms with Crippen LogP contribution in [-0.4, -0.2) is 28.3 Å². The number of aromatic nitrogens is 2. The van der Waals surface area contributed by atoms with Crippen molar-refractivity contribution in [2.75, 3.05) is 17.2 Å². The molecule has 2 amide bonds. The zero-order valence-electron chi connectivity index (χ0n) is 16.3. The van der Waals surface area contributed by atoms with E-state index >= 15 is 0 Å². The van der Waals surface area contributed by atoms with Crippen LogP contribution in [0, 0.1) is 5.92 Å². The first-order valence-corrected chi connectivity index (χ1v) is 10.1. The molecular weight excluding hydrogens is 378 g/mol. The standard InChI is InChI=1S/C23H21N5O2/c29-20-11-16-13-25-23(28-21(16)18-3-1-2-4-19(18)27-20)26-17-9-7-15(8-10-17)22(30)24-12-14-5-6-14/h1-4,7-10,13-14H,5-6,11-12H2,(H,24,30)(H,27,29)(H,25,26,28). The van der Waals surface area contributed by atoms with Crippen LogP contribution in [0.1, 0.15) is 28.8 Å². The Kier molecular flexibility index (Phi) is 4.63. The number of para-hydroxylation sites is 1. The van der Waals surface area contributed by atoms with Crippen molar-refractivity contribution in [3.05, 3.63) is 65.9 Å². The molecule has 1 aliphatic heterocycles. The Morgan fingerprint density at radius 1 is 1.10 bits per heavy atom. The lowest BCUT2D eigenvalue weighted by Gasteiger charge is -2.11. The number of benzene rings is 2. The summed E-state index contributed by atoms with van der Waals surface area (Å²) < 4.78 is 0. The molecule has 2 aromatic carbocycles. The molecule has 3 aromatic rings. The van der Waals surface area contributed by atoms with Crippen molar-refractivity contribution in [1.29, 1.82) is 0 Å². The summed E-state index contributed by atoms with van der Waals surface area (Å²) >= 11 is 0. The van der Waals surface area contributed by atoms with Crippen molar-refractivity contribution in [1.82, 2.24) is 15.3 Å². The Hall–Kier alpha value is -3.74. The first kappa shape index (κ1) is 18.3. The van der Waals surface area contributed by atoms with Crippen LogP contribution >= 0.6 is 0 Å². The van der Waals surface area contributed by atoms with Crippen LogP contribution in [0.4, 0.5) is 17.3 Å². The summed E-state index contributed by atoms with van der Waals surface area (Å²) in [4.78, 5) is 33.4. The minimum Gasteiger partial charge on any atom is -0.352 e. The second-order valence-corrected chi connectivity index (χ2v) is 7.69. The molecule has 5 rings (SSSR count). The number of amides is 2. The van der Waals surface area contributed by atoms with E-state index in [0.29, 0.717) is 17.4 Å². The van der Waals surface area contributed by atoms with Gasteiger partial charge >= 0.3 is 0 Å². The molecule has 0 radical (unpaired) electrons. The van der Waals surface area contributed by atoms with Gasteiger partial charge in [-0.15, -0.1) is 0 Å². The van der Waals surface area contributed by atoms with Crippen molar-refractivity contribution in [3.8, 4) is 11.3 Å². The quantitative estimate of drug-likeness (QED) is 0.610. The maximum Gasteiger partial charge on any atom is 0.251 e. The van der Waals surface area contributed by atoms with Gasteiger partial charge in [-0.2, -0.15) is 0 Å². The summed E-state index contributed by atoms with van der Waals surface area (Å²) in [6, 6.07) is 14.8. The van der Waals surface area contributed by atoms with Crippen molar-refractivity contribution >= 4 is 29.1 Å². The molecule has 7 nitrogen and oxygen atoms in total. The van der Waals surface area contributed by atoms with Gasteiger partial charge in [-0.05, 0) is 49.1 Å². The highest BCUT2D eigenvalue weighted by atomic mass is 16.2. The molecule has 1 saturated carbocycles. The molecule has 0 unspecified atom stereocenters. The van der Waals surface area contributed by atoms with E-state index in [1.807, 2.05) is 36.4 Å². The zero-order valence-corrected chi connectivity index (χ0v) is 16.3. The van der Waals surface area contributed by atoms with Crippen molar-refractivity contribution in [3.63, 3.8) is 0 Å². The van der Waals surface area contributed by atoms with Gasteiger partial charge in [0.25, 0.3) is 5.91 Å². The summed E-state index contributed by atoms with van der Waals surface area (Å²) in [5.74, 6) is 0.948. The molecule has 0 saturated heterocycles. The Morgan fingerprint density at radius 3 is 2.70 bits per heavy atom. The normalized spacial score (nSPS) is 14.7. The summed E-state index contributed by atoms with van der Waals surface area (Å²) in [7, 11) is 0. The van der Waals surface area contributed by atoms with E-state index in [-0.39, 0.29) is 18.2 Å². The average Bonchev–Trinajstić information content (AvgIpc) is 3.59. The van der Waals surface area contributed by atoms with Crippen LogP contribution in [0.25, 0.3) is 11.3 Å². The topological polar surface area (TPSA) is 96.0 Å².